The van der Waals surface area contributed by atoms with Gasteiger partial charge in [0.1, 0.15) is 0 Å². The summed E-state index contributed by atoms with van der Waals surface area (Å²) in [5.74, 6) is 0.749. The molecule has 0 amide bonds. The highest BCUT2D eigenvalue weighted by molar-refractivity contribution is 4.75. The van der Waals surface area contributed by atoms with Gasteiger partial charge in [-0.3, -0.25) is 0 Å². The molecule has 0 bridgehead atoms. The molecule has 0 aromatic rings. The molecule has 0 aliphatic carbocycles. The van der Waals surface area contributed by atoms with Gasteiger partial charge in [-0.1, -0.05) is 6.92 Å². The van der Waals surface area contributed by atoms with Crippen LogP contribution in [0.5, 0.6) is 0 Å². The van der Waals surface area contributed by atoms with Gasteiger partial charge in [-0.2, -0.15) is 0 Å². The van der Waals surface area contributed by atoms with Gasteiger partial charge in [-0.15, -0.1) is 0 Å². The van der Waals surface area contributed by atoms with E-state index in [0.717, 1.165) is 18.9 Å². The lowest BCUT2D eigenvalue weighted by Crippen LogP contribution is -2.37. The van der Waals surface area contributed by atoms with Crippen LogP contribution in [0.2, 0.25) is 0 Å². The van der Waals surface area contributed by atoms with Crippen molar-refractivity contribution in [2.24, 2.45) is 5.92 Å². The summed E-state index contributed by atoms with van der Waals surface area (Å²) in [5.41, 5.74) is 0. The zero-order valence-corrected chi connectivity index (χ0v) is 7.60. The summed E-state index contributed by atoms with van der Waals surface area (Å²) in [7, 11) is 1.82. The number of hydrogen-bond donors (Lipinski definition) is 1. The van der Waals surface area contributed by atoms with E-state index in [9.17, 15) is 0 Å². The summed E-state index contributed by atoms with van der Waals surface area (Å²) in [6.45, 7) is 4.53. The van der Waals surface area contributed by atoms with Gasteiger partial charge in [0.05, 0.1) is 6.10 Å². The topological polar surface area (TPSA) is 21.3 Å². The van der Waals surface area contributed by atoms with Crippen LogP contribution in [-0.4, -0.2) is 26.3 Å². The van der Waals surface area contributed by atoms with Crippen LogP contribution < -0.4 is 5.32 Å². The van der Waals surface area contributed by atoms with Crippen LogP contribution in [-0.2, 0) is 4.74 Å². The first kappa shape index (κ1) is 9.01. The molecule has 66 valence electrons. The molecule has 1 fully saturated rings. The molecule has 11 heavy (non-hydrogen) atoms. The lowest BCUT2D eigenvalue weighted by Gasteiger charge is -2.28. The van der Waals surface area contributed by atoms with Gasteiger partial charge in [0.25, 0.3) is 0 Å². The predicted molar refractivity (Wildman–Crippen MR) is 46.7 cm³/mol. The summed E-state index contributed by atoms with van der Waals surface area (Å²) in [4.78, 5) is 0. The van der Waals surface area contributed by atoms with Crippen molar-refractivity contribution in [3.8, 4) is 0 Å². The number of hydrogen-bond acceptors (Lipinski definition) is 2. The monoisotopic (exact) mass is 157 g/mol. The van der Waals surface area contributed by atoms with Crippen molar-refractivity contribution in [2.75, 3.05) is 20.2 Å². The Kier molecular flexibility index (Phi) is 3.87. The average Bonchev–Trinajstić information content (AvgIpc) is 2.09. The van der Waals surface area contributed by atoms with Crippen molar-refractivity contribution < 1.29 is 4.74 Å². The lowest BCUT2D eigenvalue weighted by atomic mass is 9.92. The van der Waals surface area contributed by atoms with Gasteiger partial charge in [-0.25, -0.2) is 0 Å². The molecule has 1 heterocycles. The number of rotatable bonds is 3. The average molecular weight is 157 g/mol. The van der Waals surface area contributed by atoms with Crippen LogP contribution in [0, 0.1) is 5.92 Å². The fourth-order valence-corrected chi connectivity index (χ4v) is 1.89. The molecule has 2 heteroatoms. The molecular formula is C9H19NO. The van der Waals surface area contributed by atoms with E-state index in [-0.39, 0.29) is 0 Å². The fourth-order valence-electron chi connectivity index (χ4n) is 1.89. The van der Waals surface area contributed by atoms with Crippen LogP contribution in [0.15, 0.2) is 0 Å². The minimum atomic E-state index is 0.475. The smallest absolute Gasteiger partial charge is 0.0609 e. The van der Waals surface area contributed by atoms with Crippen LogP contribution in [0.3, 0.4) is 0 Å². The molecule has 1 aliphatic heterocycles. The van der Waals surface area contributed by atoms with Crippen LogP contribution >= 0.6 is 0 Å². The van der Waals surface area contributed by atoms with Crippen molar-refractivity contribution in [2.45, 2.75) is 32.3 Å². The first-order valence-electron chi connectivity index (χ1n) is 4.62. The molecule has 2 unspecified atom stereocenters. The Morgan fingerprint density at radius 3 is 2.91 bits per heavy atom. The summed E-state index contributed by atoms with van der Waals surface area (Å²) in [6, 6.07) is 0. The van der Waals surface area contributed by atoms with Crippen molar-refractivity contribution in [1.82, 2.24) is 5.32 Å². The second-order valence-electron chi connectivity index (χ2n) is 3.29. The standard InChI is InChI=1S/C9H19NO/c1-3-9(11-2)8-5-4-6-10-7-8/h8-10H,3-7H2,1-2H3. The van der Waals surface area contributed by atoms with Gasteiger partial charge < -0.3 is 10.1 Å². The molecule has 2 nitrogen and oxygen atoms in total. The molecule has 0 aromatic heterocycles. The Labute approximate surface area is 69.3 Å². The maximum atomic E-state index is 5.40. The molecular weight excluding hydrogens is 138 g/mol. The van der Waals surface area contributed by atoms with Crippen LogP contribution in [0.4, 0.5) is 0 Å². The Balaban J connectivity index is 2.30. The summed E-state index contributed by atoms with van der Waals surface area (Å²) < 4.78 is 5.40. The van der Waals surface area contributed by atoms with Crippen molar-refractivity contribution in [1.29, 1.82) is 0 Å². The van der Waals surface area contributed by atoms with E-state index in [1.165, 1.54) is 19.4 Å². The third-order valence-corrected chi connectivity index (χ3v) is 2.57. The van der Waals surface area contributed by atoms with Crippen LogP contribution in [0.25, 0.3) is 0 Å². The number of methoxy groups -OCH3 is 1. The third kappa shape index (κ3) is 2.46. The quantitative estimate of drug-likeness (QED) is 0.669. The van der Waals surface area contributed by atoms with E-state index in [4.69, 9.17) is 4.74 Å². The first-order chi connectivity index (χ1) is 5.38. The van der Waals surface area contributed by atoms with Gasteiger partial charge in [0.2, 0.25) is 0 Å². The lowest BCUT2D eigenvalue weighted by molar-refractivity contribution is 0.0393. The van der Waals surface area contributed by atoms with Gasteiger partial charge in [-0.05, 0) is 31.7 Å². The Morgan fingerprint density at radius 1 is 1.64 bits per heavy atom. The first-order valence-corrected chi connectivity index (χ1v) is 4.62. The zero-order chi connectivity index (χ0) is 8.10. The zero-order valence-electron chi connectivity index (χ0n) is 7.60. The highest BCUT2D eigenvalue weighted by Gasteiger charge is 2.21. The summed E-state index contributed by atoms with van der Waals surface area (Å²) in [5, 5.41) is 3.40. The molecule has 2 atom stereocenters. The summed E-state index contributed by atoms with van der Waals surface area (Å²) in [6.07, 6.45) is 4.26. The SMILES string of the molecule is CCC(OC)C1CCCNC1. The van der Waals surface area contributed by atoms with E-state index in [2.05, 4.69) is 12.2 Å². The van der Waals surface area contributed by atoms with Gasteiger partial charge in [0.15, 0.2) is 0 Å². The fraction of sp³-hybridized carbons (Fsp3) is 1.00. The minimum absolute atomic E-state index is 0.475. The van der Waals surface area contributed by atoms with E-state index in [1.54, 1.807) is 0 Å². The molecule has 1 rings (SSSR count). The van der Waals surface area contributed by atoms with Crippen molar-refractivity contribution in [3.63, 3.8) is 0 Å². The number of nitrogens with one attached hydrogen (secondary N) is 1. The van der Waals surface area contributed by atoms with E-state index in [1.807, 2.05) is 7.11 Å². The van der Waals surface area contributed by atoms with Crippen molar-refractivity contribution in [3.05, 3.63) is 0 Å². The highest BCUT2D eigenvalue weighted by atomic mass is 16.5. The largest absolute Gasteiger partial charge is 0.381 e. The van der Waals surface area contributed by atoms with E-state index >= 15 is 0 Å². The number of ether oxygens (including phenoxy) is 1. The predicted octanol–water partition coefficient (Wildman–Crippen LogP) is 1.41. The maximum absolute atomic E-state index is 5.40. The molecule has 0 radical (unpaired) electrons. The molecule has 0 spiro atoms. The number of piperidine rings is 1. The highest BCUT2D eigenvalue weighted by Crippen LogP contribution is 2.18. The van der Waals surface area contributed by atoms with Crippen molar-refractivity contribution >= 4 is 0 Å². The second kappa shape index (κ2) is 4.73. The molecule has 0 aromatic carbocycles. The Bertz CT molecular complexity index is 95.7. The van der Waals surface area contributed by atoms with Crippen LogP contribution in [0.1, 0.15) is 26.2 Å². The van der Waals surface area contributed by atoms with Gasteiger partial charge in [0, 0.05) is 13.7 Å². The normalized spacial score (nSPS) is 28.4. The molecule has 0 saturated carbocycles. The Morgan fingerprint density at radius 2 is 2.45 bits per heavy atom. The minimum Gasteiger partial charge on any atom is -0.381 e. The second-order valence-corrected chi connectivity index (χ2v) is 3.29. The molecule has 1 saturated heterocycles. The summed E-state index contributed by atoms with van der Waals surface area (Å²) >= 11 is 0. The van der Waals surface area contributed by atoms with E-state index in [0.29, 0.717) is 6.10 Å². The third-order valence-electron chi connectivity index (χ3n) is 2.57. The Hall–Kier alpha value is -0.0800. The molecule has 1 N–H and O–H groups in total. The van der Waals surface area contributed by atoms with Gasteiger partial charge >= 0.3 is 0 Å². The molecule has 1 aliphatic rings. The maximum Gasteiger partial charge on any atom is 0.0609 e. The van der Waals surface area contributed by atoms with E-state index < -0.39 is 0 Å².